The second-order valence-electron chi connectivity index (χ2n) is 2.69. The number of hydrogen-bond acceptors (Lipinski definition) is 3. The van der Waals surface area contributed by atoms with Crippen LogP contribution in [0.25, 0.3) is 0 Å². The smallest absolute Gasteiger partial charge is 0.0446 e. The molecule has 0 radical (unpaired) electrons. The van der Waals surface area contributed by atoms with E-state index in [0.717, 1.165) is 13.0 Å². The molecule has 0 heterocycles. The molecule has 62 valence electrons. The van der Waals surface area contributed by atoms with Crippen LogP contribution in [0.1, 0.15) is 6.42 Å². The molecule has 1 unspecified atom stereocenters. The fourth-order valence-electron chi connectivity index (χ4n) is 0.927. The Hall–Kier alpha value is -0.120. The van der Waals surface area contributed by atoms with Crippen LogP contribution in [-0.2, 0) is 0 Å². The van der Waals surface area contributed by atoms with E-state index in [9.17, 15) is 0 Å². The number of aliphatic hydroxyl groups is 1. The third-order valence-electron chi connectivity index (χ3n) is 1.63. The molecule has 0 aliphatic heterocycles. The molecular formula is C7H18N2O. The van der Waals surface area contributed by atoms with Crippen molar-refractivity contribution >= 4 is 0 Å². The SMILES string of the molecule is CNCC(CCO)N(C)C. The number of likely N-dealkylation sites (N-methyl/N-ethyl adjacent to an activating group) is 2. The second kappa shape index (κ2) is 5.65. The van der Waals surface area contributed by atoms with Crippen LogP contribution in [0.2, 0.25) is 0 Å². The first-order chi connectivity index (χ1) is 4.72. The van der Waals surface area contributed by atoms with Crippen molar-refractivity contribution in [2.75, 3.05) is 34.3 Å². The standard InChI is InChI=1S/C7H18N2O/c1-8-6-7(4-5-10)9(2)3/h7-8,10H,4-6H2,1-3H3. The van der Waals surface area contributed by atoms with Crippen LogP contribution < -0.4 is 5.32 Å². The molecular weight excluding hydrogens is 128 g/mol. The average molecular weight is 146 g/mol. The first-order valence-electron chi connectivity index (χ1n) is 3.64. The first kappa shape index (κ1) is 9.88. The maximum absolute atomic E-state index is 8.66. The van der Waals surface area contributed by atoms with Crippen LogP contribution in [-0.4, -0.2) is 50.3 Å². The van der Waals surface area contributed by atoms with Gasteiger partial charge in [0, 0.05) is 19.2 Å². The molecule has 0 aromatic heterocycles. The normalized spacial score (nSPS) is 14.1. The summed E-state index contributed by atoms with van der Waals surface area (Å²) in [4.78, 5) is 2.12. The monoisotopic (exact) mass is 146 g/mol. The van der Waals surface area contributed by atoms with E-state index in [1.807, 2.05) is 21.1 Å². The molecule has 3 nitrogen and oxygen atoms in total. The summed E-state index contributed by atoms with van der Waals surface area (Å²) in [5.41, 5.74) is 0. The lowest BCUT2D eigenvalue weighted by atomic mass is 10.2. The Kier molecular flexibility index (Phi) is 5.58. The number of rotatable bonds is 5. The molecule has 2 N–H and O–H groups in total. The maximum Gasteiger partial charge on any atom is 0.0446 e. The van der Waals surface area contributed by atoms with Crippen LogP contribution in [0, 0.1) is 0 Å². The van der Waals surface area contributed by atoms with Crippen LogP contribution >= 0.6 is 0 Å². The van der Waals surface area contributed by atoms with Gasteiger partial charge in [-0.3, -0.25) is 0 Å². The van der Waals surface area contributed by atoms with Gasteiger partial charge in [-0.1, -0.05) is 0 Å². The summed E-state index contributed by atoms with van der Waals surface area (Å²) in [6.07, 6.45) is 0.841. The van der Waals surface area contributed by atoms with E-state index in [2.05, 4.69) is 10.2 Å². The Morgan fingerprint density at radius 2 is 2.10 bits per heavy atom. The van der Waals surface area contributed by atoms with Crippen LogP contribution in [0.4, 0.5) is 0 Å². The van der Waals surface area contributed by atoms with Crippen molar-refractivity contribution in [2.45, 2.75) is 12.5 Å². The number of nitrogens with zero attached hydrogens (tertiary/aromatic N) is 1. The lowest BCUT2D eigenvalue weighted by Crippen LogP contribution is -2.37. The molecule has 0 spiro atoms. The van der Waals surface area contributed by atoms with E-state index in [4.69, 9.17) is 5.11 Å². The minimum absolute atomic E-state index is 0.268. The van der Waals surface area contributed by atoms with E-state index >= 15 is 0 Å². The largest absolute Gasteiger partial charge is 0.396 e. The van der Waals surface area contributed by atoms with Crippen molar-refractivity contribution in [3.8, 4) is 0 Å². The summed E-state index contributed by atoms with van der Waals surface area (Å²) in [5.74, 6) is 0. The number of aliphatic hydroxyl groups excluding tert-OH is 1. The third-order valence-corrected chi connectivity index (χ3v) is 1.63. The van der Waals surface area contributed by atoms with Gasteiger partial charge in [-0.25, -0.2) is 0 Å². The van der Waals surface area contributed by atoms with Gasteiger partial charge in [0.15, 0.2) is 0 Å². The van der Waals surface area contributed by atoms with Gasteiger partial charge in [0.1, 0.15) is 0 Å². The van der Waals surface area contributed by atoms with Gasteiger partial charge < -0.3 is 15.3 Å². The topological polar surface area (TPSA) is 35.5 Å². The van der Waals surface area contributed by atoms with E-state index in [0.29, 0.717) is 6.04 Å². The van der Waals surface area contributed by atoms with Gasteiger partial charge in [-0.05, 0) is 27.6 Å². The molecule has 0 fully saturated rings. The summed E-state index contributed by atoms with van der Waals surface area (Å²) in [6.45, 7) is 1.21. The Bertz CT molecular complexity index is 70.0. The summed E-state index contributed by atoms with van der Waals surface area (Å²) in [5, 5.41) is 11.7. The second-order valence-corrected chi connectivity index (χ2v) is 2.69. The highest BCUT2D eigenvalue weighted by Crippen LogP contribution is 1.95. The maximum atomic E-state index is 8.66. The van der Waals surface area contributed by atoms with Gasteiger partial charge in [0.2, 0.25) is 0 Å². The number of nitrogens with one attached hydrogen (secondary N) is 1. The van der Waals surface area contributed by atoms with Crippen LogP contribution in [0.15, 0.2) is 0 Å². The van der Waals surface area contributed by atoms with E-state index in [1.165, 1.54) is 0 Å². The highest BCUT2D eigenvalue weighted by atomic mass is 16.3. The average Bonchev–Trinajstić information content (AvgIpc) is 1.87. The zero-order valence-electron chi connectivity index (χ0n) is 7.09. The molecule has 3 heteroatoms. The van der Waals surface area contributed by atoms with Gasteiger partial charge in [-0.2, -0.15) is 0 Å². The lowest BCUT2D eigenvalue weighted by Gasteiger charge is -2.22. The van der Waals surface area contributed by atoms with Crippen molar-refractivity contribution in [1.82, 2.24) is 10.2 Å². The molecule has 0 aromatic carbocycles. The molecule has 0 aliphatic carbocycles. The molecule has 10 heavy (non-hydrogen) atoms. The Balaban J connectivity index is 3.50. The molecule has 0 saturated heterocycles. The van der Waals surface area contributed by atoms with Crippen LogP contribution in [0.3, 0.4) is 0 Å². The summed E-state index contributed by atoms with van der Waals surface area (Å²) in [6, 6.07) is 0.454. The molecule has 0 aromatic rings. The number of hydrogen-bond donors (Lipinski definition) is 2. The minimum atomic E-state index is 0.268. The molecule has 1 atom stereocenters. The van der Waals surface area contributed by atoms with E-state index in [1.54, 1.807) is 0 Å². The molecule has 0 amide bonds. The first-order valence-corrected chi connectivity index (χ1v) is 3.64. The van der Waals surface area contributed by atoms with Gasteiger partial charge >= 0.3 is 0 Å². The predicted molar refractivity (Wildman–Crippen MR) is 43.1 cm³/mol. The molecule has 0 bridgehead atoms. The Morgan fingerprint density at radius 1 is 1.50 bits per heavy atom. The zero-order valence-corrected chi connectivity index (χ0v) is 7.09. The van der Waals surface area contributed by atoms with Crippen LogP contribution in [0.5, 0.6) is 0 Å². The van der Waals surface area contributed by atoms with E-state index in [-0.39, 0.29) is 6.61 Å². The van der Waals surface area contributed by atoms with Crippen molar-refractivity contribution in [1.29, 1.82) is 0 Å². The predicted octanol–water partition coefficient (Wildman–Crippen LogP) is -0.482. The fraction of sp³-hybridized carbons (Fsp3) is 1.00. The van der Waals surface area contributed by atoms with Crippen molar-refractivity contribution in [2.24, 2.45) is 0 Å². The summed E-state index contributed by atoms with van der Waals surface area (Å²) in [7, 11) is 5.98. The zero-order chi connectivity index (χ0) is 7.98. The molecule has 0 aliphatic rings. The quantitative estimate of drug-likeness (QED) is 0.550. The highest BCUT2D eigenvalue weighted by molar-refractivity contribution is 4.66. The van der Waals surface area contributed by atoms with Crippen molar-refractivity contribution in [3.63, 3.8) is 0 Å². The third kappa shape index (κ3) is 3.82. The van der Waals surface area contributed by atoms with E-state index < -0.39 is 0 Å². The Labute approximate surface area is 63.0 Å². The van der Waals surface area contributed by atoms with Gasteiger partial charge in [-0.15, -0.1) is 0 Å². The molecule has 0 rings (SSSR count). The fourth-order valence-corrected chi connectivity index (χ4v) is 0.927. The van der Waals surface area contributed by atoms with Crippen molar-refractivity contribution in [3.05, 3.63) is 0 Å². The lowest BCUT2D eigenvalue weighted by molar-refractivity contribution is 0.207. The van der Waals surface area contributed by atoms with Crippen molar-refractivity contribution < 1.29 is 5.11 Å². The Morgan fingerprint density at radius 3 is 2.40 bits per heavy atom. The summed E-state index contributed by atoms with van der Waals surface area (Å²) >= 11 is 0. The van der Waals surface area contributed by atoms with Gasteiger partial charge in [0.25, 0.3) is 0 Å². The summed E-state index contributed by atoms with van der Waals surface area (Å²) < 4.78 is 0. The molecule has 0 saturated carbocycles. The highest BCUT2D eigenvalue weighted by Gasteiger charge is 2.07. The van der Waals surface area contributed by atoms with Gasteiger partial charge in [0.05, 0.1) is 0 Å². The minimum Gasteiger partial charge on any atom is -0.396 e.